The van der Waals surface area contributed by atoms with E-state index in [1.54, 1.807) is 4.90 Å². The van der Waals surface area contributed by atoms with Gasteiger partial charge in [-0.1, -0.05) is 30.3 Å². The van der Waals surface area contributed by atoms with Gasteiger partial charge in [0.15, 0.2) is 0 Å². The Labute approximate surface area is 119 Å². The number of hydrogen-bond acceptors (Lipinski definition) is 2. The van der Waals surface area contributed by atoms with Gasteiger partial charge in [0.2, 0.25) is 0 Å². The second kappa shape index (κ2) is 5.83. The average Bonchev–Trinajstić information content (AvgIpc) is 3.26. The summed E-state index contributed by atoms with van der Waals surface area (Å²) in [6.07, 6.45) is 2.56. The fourth-order valence-electron chi connectivity index (χ4n) is 3.21. The van der Waals surface area contributed by atoms with Crippen LogP contribution >= 0.6 is 0 Å². The molecule has 0 aromatic heterocycles. The number of hydrogen-bond donors (Lipinski definition) is 2. The normalized spacial score (nSPS) is 29.2. The van der Waals surface area contributed by atoms with Crippen molar-refractivity contribution in [2.24, 2.45) is 5.92 Å². The van der Waals surface area contributed by atoms with Crippen LogP contribution in [-0.4, -0.2) is 41.8 Å². The lowest BCUT2D eigenvalue weighted by Gasteiger charge is -2.30. The summed E-state index contributed by atoms with van der Waals surface area (Å²) in [5, 5.41) is 12.7. The lowest BCUT2D eigenvalue weighted by Crippen LogP contribution is -2.42. The van der Waals surface area contributed by atoms with Gasteiger partial charge in [-0.2, -0.15) is 0 Å². The summed E-state index contributed by atoms with van der Waals surface area (Å²) in [5.74, 6) is 1.12. The van der Waals surface area contributed by atoms with E-state index in [4.69, 9.17) is 5.11 Å². The molecule has 3 atom stereocenters. The summed E-state index contributed by atoms with van der Waals surface area (Å²) in [7, 11) is 0. The number of likely N-dealkylation sites (tertiary alicyclic amines) is 1. The summed E-state index contributed by atoms with van der Waals surface area (Å²) in [4.78, 5) is 12.5. The molecule has 2 N–H and O–H groups in total. The molecule has 2 fully saturated rings. The molecule has 2 aliphatic rings. The molecule has 0 spiro atoms. The van der Waals surface area contributed by atoms with Crippen LogP contribution in [-0.2, 0) is 0 Å². The van der Waals surface area contributed by atoms with Crippen LogP contribution in [0.3, 0.4) is 0 Å². The highest BCUT2D eigenvalue weighted by molar-refractivity contribution is 5.65. The molecule has 1 unspecified atom stereocenters. The quantitative estimate of drug-likeness (QED) is 0.887. The van der Waals surface area contributed by atoms with Crippen LogP contribution in [0.15, 0.2) is 30.3 Å². The molecular weight excluding hydrogens is 252 g/mol. The average molecular weight is 274 g/mol. The predicted octanol–water partition coefficient (Wildman–Crippen LogP) is 2.52. The summed E-state index contributed by atoms with van der Waals surface area (Å²) >= 11 is 0. The first-order valence-corrected chi connectivity index (χ1v) is 7.50. The number of carbonyl (C=O) groups is 1. The highest BCUT2D eigenvalue weighted by atomic mass is 16.4. The summed E-state index contributed by atoms with van der Waals surface area (Å²) in [6.45, 7) is 2.32. The second-order valence-corrected chi connectivity index (χ2v) is 6.00. The van der Waals surface area contributed by atoms with Crippen molar-refractivity contribution in [3.05, 3.63) is 35.9 Å². The molecule has 3 rings (SSSR count). The minimum absolute atomic E-state index is 0.469. The Hall–Kier alpha value is -1.55. The lowest BCUT2D eigenvalue weighted by molar-refractivity contribution is 0.119. The van der Waals surface area contributed by atoms with Gasteiger partial charge in [-0.3, -0.25) is 0 Å². The molecule has 1 aliphatic heterocycles. The molecular formula is C16H22N2O2. The fourth-order valence-corrected chi connectivity index (χ4v) is 3.21. The number of nitrogens with one attached hydrogen (secondary N) is 1. The van der Waals surface area contributed by atoms with Gasteiger partial charge in [-0.25, -0.2) is 4.79 Å². The van der Waals surface area contributed by atoms with Crippen molar-refractivity contribution in [3.63, 3.8) is 0 Å². The number of piperidine rings is 1. The predicted molar refractivity (Wildman–Crippen MR) is 77.9 cm³/mol. The molecule has 1 saturated carbocycles. The molecule has 4 heteroatoms. The molecule has 20 heavy (non-hydrogen) atoms. The van der Waals surface area contributed by atoms with Gasteiger partial charge in [0.1, 0.15) is 0 Å². The number of amides is 1. The van der Waals surface area contributed by atoms with Crippen LogP contribution in [0.5, 0.6) is 0 Å². The molecule has 1 heterocycles. The lowest BCUT2D eigenvalue weighted by atomic mass is 9.98. The fraction of sp³-hybridized carbons (Fsp3) is 0.562. The Morgan fingerprint density at radius 3 is 2.90 bits per heavy atom. The van der Waals surface area contributed by atoms with E-state index in [1.165, 1.54) is 12.0 Å². The Balaban J connectivity index is 1.44. The first kappa shape index (κ1) is 13.4. The third kappa shape index (κ3) is 3.12. The molecule has 1 amide bonds. The zero-order valence-electron chi connectivity index (χ0n) is 11.7. The number of carboxylic acid groups (broad SMARTS) is 1. The van der Waals surface area contributed by atoms with Gasteiger partial charge in [0, 0.05) is 25.0 Å². The smallest absolute Gasteiger partial charge is 0.407 e. The van der Waals surface area contributed by atoms with Crippen molar-refractivity contribution in [2.45, 2.75) is 31.2 Å². The van der Waals surface area contributed by atoms with Crippen LogP contribution < -0.4 is 5.32 Å². The van der Waals surface area contributed by atoms with Crippen LogP contribution in [0.1, 0.15) is 30.7 Å². The SMILES string of the molecule is O=C(O)N1CCCC(CN[C@@H]2C[C@H]2c2ccccc2)C1. The van der Waals surface area contributed by atoms with E-state index in [2.05, 4.69) is 35.6 Å². The van der Waals surface area contributed by atoms with Gasteiger partial charge in [-0.15, -0.1) is 0 Å². The van der Waals surface area contributed by atoms with E-state index in [1.807, 2.05) is 0 Å². The van der Waals surface area contributed by atoms with Crippen molar-refractivity contribution in [3.8, 4) is 0 Å². The van der Waals surface area contributed by atoms with Crippen LogP contribution in [0.4, 0.5) is 4.79 Å². The van der Waals surface area contributed by atoms with Crippen molar-refractivity contribution < 1.29 is 9.90 Å². The maximum atomic E-state index is 11.0. The topological polar surface area (TPSA) is 52.6 Å². The maximum Gasteiger partial charge on any atom is 0.407 e. The maximum absolute atomic E-state index is 11.0. The number of nitrogens with zero attached hydrogens (tertiary/aromatic N) is 1. The highest BCUT2D eigenvalue weighted by Crippen LogP contribution is 2.40. The second-order valence-electron chi connectivity index (χ2n) is 6.00. The van der Waals surface area contributed by atoms with E-state index < -0.39 is 6.09 Å². The Morgan fingerprint density at radius 1 is 1.35 bits per heavy atom. The molecule has 4 nitrogen and oxygen atoms in total. The van der Waals surface area contributed by atoms with Gasteiger partial charge in [0.05, 0.1) is 0 Å². The Kier molecular flexibility index (Phi) is 3.92. The minimum atomic E-state index is -0.775. The monoisotopic (exact) mass is 274 g/mol. The van der Waals surface area contributed by atoms with Crippen molar-refractivity contribution in [1.29, 1.82) is 0 Å². The van der Waals surface area contributed by atoms with E-state index in [0.29, 0.717) is 31.0 Å². The molecule has 1 aromatic rings. The van der Waals surface area contributed by atoms with Crippen LogP contribution in [0.2, 0.25) is 0 Å². The molecule has 108 valence electrons. The standard InChI is InChI=1S/C16H22N2O2/c19-16(20)18-8-4-5-12(11-18)10-17-15-9-14(15)13-6-2-1-3-7-13/h1-3,6-7,12,14-15,17H,4-5,8-11H2,(H,19,20)/t12?,14-,15+/m0/s1. The highest BCUT2D eigenvalue weighted by Gasteiger charge is 2.38. The van der Waals surface area contributed by atoms with Crippen LogP contribution in [0.25, 0.3) is 0 Å². The summed E-state index contributed by atoms with van der Waals surface area (Å²) < 4.78 is 0. The van der Waals surface area contributed by atoms with E-state index in [0.717, 1.165) is 19.4 Å². The molecule has 0 bridgehead atoms. The van der Waals surface area contributed by atoms with E-state index >= 15 is 0 Å². The first-order chi connectivity index (χ1) is 9.74. The van der Waals surface area contributed by atoms with E-state index in [-0.39, 0.29) is 0 Å². The Morgan fingerprint density at radius 2 is 2.15 bits per heavy atom. The summed E-state index contributed by atoms with van der Waals surface area (Å²) in [6, 6.07) is 11.2. The molecule has 1 aliphatic carbocycles. The zero-order chi connectivity index (χ0) is 13.9. The molecule has 0 radical (unpaired) electrons. The minimum Gasteiger partial charge on any atom is -0.465 e. The zero-order valence-corrected chi connectivity index (χ0v) is 11.7. The van der Waals surface area contributed by atoms with E-state index in [9.17, 15) is 4.79 Å². The van der Waals surface area contributed by atoms with Crippen molar-refractivity contribution in [1.82, 2.24) is 10.2 Å². The molecule has 1 aromatic carbocycles. The van der Waals surface area contributed by atoms with Crippen molar-refractivity contribution >= 4 is 6.09 Å². The largest absolute Gasteiger partial charge is 0.465 e. The first-order valence-electron chi connectivity index (χ1n) is 7.50. The van der Waals surface area contributed by atoms with Crippen LogP contribution in [0, 0.1) is 5.92 Å². The third-order valence-electron chi connectivity index (χ3n) is 4.48. The third-order valence-corrected chi connectivity index (χ3v) is 4.48. The van der Waals surface area contributed by atoms with Gasteiger partial charge < -0.3 is 15.3 Å². The molecule has 1 saturated heterocycles. The Bertz CT molecular complexity index is 463. The summed E-state index contributed by atoms with van der Waals surface area (Å²) in [5.41, 5.74) is 1.42. The van der Waals surface area contributed by atoms with Gasteiger partial charge >= 0.3 is 6.09 Å². The number of rotatable bonds is 4. The van der Waals surface area contributed by atoms with Crippen molar-refractivity contribution in [2.75, 3.05) is 19.6 Å². The van der Waals surface area contributed by atoms with Gasteiger partial charge in [0.25, 0.3) is 0 Å². The number of benzene rings is 1. The van der Waals surface area contributed by atoms with Gasteiger partial charge in [-0.05, 0) is 37.3 Å².